The van der Waals surface area contributed by atoms with Crippen LogP contribution in [-0.4, -0.2) is 11.0 Å². The third kappa shape index (κ3) is 3.54. The number of aliphatic hydroxyl groups is 1. The van der Waals surface area contributed by atoms with E-state index in [1.165, 1.54) is 0 Å². The molecule has 0 aromatic heterocycles. The van der Waals surface area contributed by atoms with Gasteiger partial charge in [-0.2, -0.15) is 0 Å². The maximum atomic E-state index is 11.0. The Morgan fingerprint density at radius 3 is 2.40 bits per heavy atom. The first-order valence-electron chi connectivity index (χ1n) is 6.64. The van der Waals surface area contributed by atoms with Crippen molar-refractivity contribution in [3.8, 4) is 0 Å². The first-order chi connectivity index (χ1) is 9.55. The standard InChI is InChI=1S/C17H18Cl2O/c1-13-7-8-14(16(19)11-13)12-17(20,9-10-18)15-5-3-2-4-6-15/h2-8,11,20H,9-10,12H2,1H3. The third-order valence-electron chi connectivity index (χ3n) is 3.51. The predicted molar refractivity (Wildman–Crippen MR) is 85.6 cm³/mol. The number of benzene rings is 2. The average molecular weight is 309 g/mol. The van der Waals surface area contributed by atoms with Crippen molar-refractivity contribution in [2.45, 2.75) is 25.4 Å². The molecular weight excluding hydrogens is 291 g/mol. The lowest BCUT2D eigenvalue weighted by molar-refractivity contribution is 0.0336. The smallest absolute Gasteiger partial charge is 0.0948 e. The first-order valence-corrected chi connectivity index (χ1v) is 7.55. The number of halogens is 2. The number of rotatable bonds is 5. The zero-order valence-corrected chi connectivity index (χ0v) is 13.0. The summed E-state index contributed by atoms with van der Waals surface area (Å²) in [6, 6.07) is 15.5. The second-order valence-corrected chi connectivity index (χ2v) is 5.89. The number of hydrogen-bond acceptors (Lipinski definition) is 1. The van der Waals surface area contributed by atoms with Crippen molar-refractivity contribution in [1.29, 1.82) is 0 Å². The normalized spacial score (nSPS) is 14.0. The van der Waals surface area contributed by atoms with Crippen molar-refractivity contribution in [1.82, 2.24) is 0 Å². The van der Waals surface area contributed by atoms with Gasteiger partial charge in [0.05, 0.1) is 5.60 Å². The molecule has 0 radical (unpaired) electrons. The van der Waals surface area contributed by atoms with Crippen LogP contribution in [0.3, 0.4) is 0 Å². The van der Waals surface area contributed by atoms with Gasteiger partial charge >= 0.3 is 0 Å². The minimum Gasteiger partial charge on any atom is -0.385 e. The van der Waals surface area contributed by atoms with E-state index in [0.717, 1.165) is 16.7 Å². The second-order valence-electron chi connectivity index (χ2n) is 5.11. The summed E-state index contributed by atoms with van der Waals surface area (Å²) >= 11 is 12.2. The Bertz CT molecular complexity index is 568. The van der Waals surface area contributed by atoms with Gasteiger partial charge in [-0.15, -0.1) is 11.6 Å². The van der Waals surface area contributed by atoms with E-state index in [1.54, 1.807) is 0 Å². The monoisotopic (exact) mass is 308 g/mol. The van der Waals surface area contributed by atoms with E-state index in [1.807, 2.05) is 55.5 Å². The summed E-state index contributed by atoms with van der Waals surface area (Å²) < 4.78 is 0. The molecule has 0 heterocycles. The summed E-state index contributed by atoms with van der Waals surface area (Å²) in [5.74, 6) is 0.398. The molecule has 1 nitrogen and oxygen atoms in total. The van der Waals surface area contributed by atoms with Crippen LogP contribution < -0.4 is 0 Å². The Kier molecular flexibility index (Phi) is 5.09. The van der Waals surface area contributed by atoms with Crippen LogP contribution in [0.15, 0.2) is 48.5 Å². The molecule has 0 aliphatic carbocycles. The third-order valence-corrected chi connectivity index (χ3v) is 4.05. The zero-order chi connectivity index (χ0) is 14.6. The van der Waals surface area contributed by atoms with Gasteiger partial charge in [0.25, 0.3) is 0 Å². The number of aryl methyl sites for hydroxylation is 1. The maximum Gasteiger partial charge on any atom is 0.0948 e. The Labute approximate surface area is 130 Å². The molecular formula is C17H18Cl2O. The van der Waals surface area contributed by atoms with Crippen molar-refractivity contribution in [2.24, 2.45) is 0 Å². The fraction of sp³-hybridized carbons (Fsp3) is 0.294. The molecule has 0 aliphatic rings. The molecule has 0 amide bonds. The molecule has 0 saturated heterocycles. The van der Waals surface area contributed by atoms with Gasteiger partial charge in [0.2, 0.25) is 0 Å². The van der Waals surface area contributed by atoms with E-state index in [4.69, 9.17) is 23.2 Å². The summed E-state index contributed by atoms with van der Waals surface area (Å²) in [6.45, 7) is 2.00. The van der Waals surface area contributed by atoms with Crippen LogP contribution >= 0.6 is 23.2 Å². The van der Waals surface area contributed by atoms with Gasteiger partial charge in [0.15, 0.2) is 0 Å². The van der Waals surface area contributed by atoms with Gasteiger partial charge in [-0.25, -0.2) is 0 Å². The Balaban J connectivity index is 2.34. The molecule has 0 aliphatic heterocycles. The number of alkyl halides is 1. The predicted octanol–water partition coefficient (Wildman–Crippen LogP) is 4.71. The van der Waals surface area contributed by atoms with Crippen molar-refractivity contribution in [2.75, 3.05) is 5.88 Å². The molecule has 0 fully saturated rings. The molecule has 2 aromatic carbocycles. The first kappa shape index (κ1) is 15.4. The lowest BCUT2D eigenvalue weighted by Gasteiger charge is -2.28. The van der Waals surface area contributed by atoms with Crippen molar-refractivity contribution in [3.63, 3.8) is 0 Å². The molecule has 1 N–H and O–H groups in total. The zero-order valence-electron chi connectivity index (χ0n) is 11.4. The van der Waals surface area contributed by atoms with Crippen LogP contribution in [0.2, 0.25) is 5.02 Å². The van der Waals surface area contributed by atoms with E-state index in [0.29, 0.717) is 23.7 Å². The van der Waals surface area contributed by atoms with E-state index in [9.17, 15) is 5.11 Å². The summed E-state index contributed by atoms with van der Waals surface area (Å²) in [4.78, 5) is 0. The van der Waals surface area contributed by atoms with Gasteiger partial charge in [0, 0.05) is 17.3 Å². The van der Waals surface area contributed by atoms with Crippen LogP contribution in [0.5, 0.6) is 0 Å². The lowest BCUT2D eigenvalue weighted by Crippen LogP contribution is -2.29. The SMILES string of the molecule is Cc1ccc(CC(O)(CCCl)c2ccccc2)c(Cl)c1. The Morgan fingerprint density at radius 1 is 1.10 bits per heavy atom. The molecule has 0 saturated carbocycles. The minimum atomic E-state index is -0.984. The Hall–Kier alpha value is -1.02. The van der Waals surface area contributed by atoms with Crippen LogP contribution in [0, 0.1) is 6.92 Å². The molecule has 20 heavy (non-hydrogen) atoms. The summed E-state index contributed by atoms with van der Waals surface area (Å²) in [7, 11) is 0. The summed E-state index contributed by atoms with van der Waals surface area (Å²) in [5.41, 5.74) is 1.94. The van der Waals surface area contributed by atoms with Gasteiger partial charge in [-0.1, -0.05) is 54.1 Å². The quantitative estimate of drug-likeness (QED) is 0.793. The molecule has 0 bridgehead atoms. The highest BCUT2D eigenvalue weighted by molar-refractivity contribution is 6.31. The summed E-state index contributed by atoms with van der Waals surface area (Å²) in [5, 5.41) is 11.7. The Morgan fingerprint density at radius 2 is 1.80 bits per heavy atom. The molecule has 2 aromatic rings. The van der Waals surface area contributed by atoms with Crippen molar-refractivity contribution in [3.05, 3.63) is 70.2 Å². The second kappa shape index (κ2) is 6.62. The minimum absolute atomic E-state index is 0.398. The summed E-state index contributed by atoms with van der Waals surface area (Å²) in [6.07, 6.45) is 0.950. The van der Waals surface area contributed by atoms with Gasteiger partial charge < -0.3 is 5.11 Å². The average Bonchev–Trinajstić information content (AvgIpc) is 2.43. The fourth-order valence-electron chi connectivity index (χ4n) is 2.35. The van der Waals surface area contributed by atoms with Crippen LogP contribution in [0.4, 0.5) is 0 Å². The lowest BCUT2D eigenvalue weighted by atomic mass is 9.85. The molecule has 1 unspecified atom stereocenters. The van der Waals surface area contributed by atoms with Gasteiger partial charge in [-0.3, -0.25) is 0 Å². The van der Waals surface area contributed by atoms with E-state index in [2.05, 4.69) is 0 Å². The topological polar surface area (TPSA) is 20.2 Å². The van der Waals surface area contributed by atoms with Gasteiger partial charge in [0.1, 0.15) is 0 Å². The maximum absolute atomic E-state index is 11.0. The van der Waals surface area contributed by atoms with Gasteiger partial charge in [-0.05, 0) is 36.1 Å². The van der Waals surface area contributed by atoms with Crippen molar-refractivity contribution >= 4 is 23.2 Å². The molecule has 106 valence electrons. The van der Waals surface area contributed by atoms with Crippen molar-refractivity contribution < 1.29 is 5.11 Å². The van der Waals surface area contributed by atoms with Crippen LogP contribution in [-0.2, 0) is 12.0 Å². The van der Waals surface area contributed by atoms with E-state index < -0.39 is 5.60 Å². The molecule has 1 atom stereocenters. The highest BCUT2D eigenvalue weighted by Crippen LogP contribution is 2.32. The molecule has 0 spiro atoms. The number of hydrogen-bond donors (Lipinski definition) is 1. The fourth-order valence-corrected chi connectivity index (χ4v) is 2.96. The van der Waals surface area contributed by atoms with Crippen LogP contribution in [0.1, 0.15) is 23.1 Å². The largest absolute Gasteiger partial charge is 0.385 e. The van der Waals surface area contributed by atoms with Crippen LogP contribution in [0.25, 0.3) is 0 Å². The molecule has 3 heteroatoms. The van der Waals surface area contributed by atoms with E-state index in [-0.39, 0.29) is 0 Å². The van der Waals surface area contributed by atoms with E-state index >= 15 is 0 Å². The molecule has 2 rings (SSSR count). The highest BCUT2D eigenvalue weighted by Gasteiger charge is 2.29. The highest BCUT2D eigenvalue weighted by atomic mass is 35.5.